The zero-order valence-electron chi connectivity index (χ0n) is 13.3. The first-order valence-electron chi connectivity index (χ1n) is 7.46. The number of rotatable bonds is 8. The quantitative estimate of drug-likeness (QED) is 0.501. The van der Waals surface area contributed by atoms with E-state index in [1.165, 1.54) is 4.90 Å². The highest BCUT2D eigenvalue weighted by molar-refractivity contribution is 7.99. The van der Waals surface area contributed by atoms with E-state index in [0.717, 1.165) is 17.7 Å². The molecule has 0 aliphatic rings. The highest BCUT2D eigenvalue weighted by Crippen LogP contribution is 2.28. The SMILES string of the molecule is CCC(C)Sc1ccc(NC(=O)NCCCC(=O)O)c(C)c1. The summed E-state index contributed by atoms with van der Waals surface area (Å²) in [5.74, 6) is -0.854. The second kappa shape index (κ2) is 9.35. The minimum absolute atomic E-state index is 0.0564. The summed E-state index contributed by atoms with van der Waals surface area (Å²) >= 11 is 1.82. The Balaban J connectivity index is 2.48. The minimum atomic E-state index is -0.854. The Morgan fingerprint density at radius 1 is 1.36 bits per heavy atom. The molecule has 0 spiro atoms. The molecule has 0 aliphatic carbocycles. The summed E-state index contributed by atoms with van der Waals surface area (Å²) in [6.07, 6.45) is 1.59. The molecule has 1 unspecified atom stereocenters. The number of thioether (sulfide) groups is 1. The number of nitrogens with one attached hydrogen (secondary N) is 2. The van der Waals surface area contributed by atoms with Crippen molar-refractivity contribution >= 4 is 29.4 Å². The average Bonchev–Trinajstić information content (AvgIpc) is 2.46. The largest absolute Gasteiger partial charge is 0.481 e. The van der Waals surface area contributed by atoms with E-state index in [1.54, 1.807) is 0 Å². The van der Waals surface area contributed by atoms with Gasteiger partial charge >= 0.3 is 12.0 Å². The number of carbonyl (C=O) groups is 2. The van der Waals surface area contributed by atoms with Crippen molar-refractivity contribution in [2.45, 2.75) is 50.2 Å². The predicted octanol–water partition coefficient (Wildman–Crippen LogP) is 3.87. The zero-order valence-corrected chi connectivity index (χ0v) is 14.1. The third kappa shape index (κ3) is 6.85. The van der Waals surface area contributed by atoms with E-state index < -0.39 is 5.97 Å². The molecule has 1 atom stereocenters. The number of urea groups is 1. The van der Waals surface area contributed by atoms with Crippen molar-refractivity contribution < 1.29 is 14.7 Å². The molecule has 0 aliphatic heterocycles. The minimum Gasteiger partial charge on any atom is -0.481 e. The lowest BCUT2D eigenvalue weighted by Crippen LogP contribution is -2.30. The topological polar surface area (TPSA) is 78.4 Å². The average molecular weight is 324 g/mol. The van der Waals surface area contributed by atoms with Crippen molar-refractivity contribution in [2.24, 2.45) is 0 Å². The van der Waals surface area contributed by atoms with E-state index in [9.17, 15) is 9.59 Å². The number of aryl methyl sites for hydroxylation is 1. The standard InChI is InChI=1S/C16H24N2O3S/c1-4-12(3)22-13-7-8-14(11(2)10-13)18-16(21)17-9-5-6-15(19)20/h7-8,10,12H,4-6,9H2,1-3H3,(H,19,20)(H2,17,18,21). The van der Waals surface area contributed by atoms with Gasteiger partial charge in [-0.3, -0.25) is 4.79 Å². The zero-order chi connectivity index (χ0) is 16.5. The number of amides is 2. The van der Waals surface area contributed by atoms with E-state index in [0.29, 0.717) is 18.2 Å². The number of benzene rings is 1. The van der Waals surface area contributed by atoms with E-state index in [1.807, 2.05) is 30.8 Å². The Morgan fingerprint density at radius 3 is 2.68 bits per heavy atom. The fourth-order valence-electron chi connectivity index (χ4n) is 1.77. The first-order valence-corrected chi connectivity index (χ1v) is 8.34. The Labute approximate surface area is 135 Å². The Morgan fingerprint density at radius 2 is 2.09 bits per heavy atom. The van der Waals surface area contributed by atoms with Gasteiger partial charge in [0.2, 0.25) is 0 Å². The van der Waals surface area contributed by atoms with E-state index >= 15 is 0 Å². The number of hydrogen-bond acceptors (Lipinski definition) is 3. The molecule has 0 heterocycles. The number of carbonyl (C=O) groups excluding carboxylic acids is 1. The number of anilines is 1. The molecule has 0 saturated heterocycles. The fourth-order valence-corrected chi connectivity index (χ4v) is 2.80. The van der Waals surface area contributed by atoms with Gasteiger partial charge in [-0.1, -0.05) is 13.8 Å². The van der Waals surface area contributed by atoms with Gasteiger partial charge in [-0.15, -0.1) is 11.8 Å². The monoisotopic (exact) mass is 324 g/mol. The van der Waals surface area contributed by atoms with Crippen LogP contribution in [0.25, 0.3) is 0 Å². The third-order valence-corrected chi connectivity index (χ3v) is 4.47. The van der Waals surface area contributed by atoms with Crippen LogP contribution in [-0.4, -0.2) is 28.9 Å². The molecule has 1 aromatic carbocycles. The molecular weight excluding hydrogens is 300 g/mol. The summed E-state index contributed by atoms with van der Waals surface area (Å²) in [5, 5.41) is 14.5. The van der Waals surface area contributed by atoms with Crippen molar-refractivity contribution in [3.63, 3.8) is 0 Å². The maximum atomic E-state index is 11.7. The van der Waals surface area contributed by atoms with Crippen LogP contribution in [-0.2, 0) is 4.79 Å². The first-order chi connectivity index (χ1) is 10.4. The van der Waals surface area contributed by atoms with Crippen LogP contribution in [0.5, 0.6) is 0 Å². The summed E-state index contributed by atoms with van der Waals surface area (Å²) in [7, 11) is 0. The summed E-state index contributed by atoms with van der Waals surface area (Å²) in [4.78, 5) is 23.3. The number of hydrogen-bond donors (Lipinski definition) is 3. The molecule has 0 bridgehead atoms. The van der Waals surface area contributed by atoms with E-state index in [4.69, 9.17) is 5.11 Å². The maximum Gasteiger partial charge on any atom is 0.319 e. The maximum absolute atomic E-state index is 11.7. The van der Waals surface area contributed by atoms with Gasteiger partial charge in [0.05, 0.1) is 0 Å². The highest BCUT2D eigenvalue weighted by Gasteiger charge is 2.07. The van der Waals surface area contributed by atoms with Crippen molar-refractivity contribution in [1.29, 1.82) is 0 Å². The van der Waals surface area contributed by atoms with Crippen molar-refractivity contribution in [3.8, 4) is 0 Å². The first kappa shape index (κ1) is 18.4. The van der Waals surface area contributed by atoms with Gasteiger partial charge in [-0.05, 0) is 43.5 Å². The molecule has 1 rings (SSSR count). The highest BCUT2D eigenvalue weighted by atomic mass is 32.2. The lowest BCUT2D eigenvalue weighted by Gasteiger charge is -2.13. The Hall–Kier alpha value is -1.69. The van der Waals surface area contributed by atoms with E-state index in [-0.39, 0.29) is 12.5 Å². The summed E-state index contributed by atoms with van der Waals surface area (Å²) < 4.78 is 0. The van der Waals surface area contributed by atoms with Crippen LogP contribution in [0.3, 0.4) is 0 Å². The molecular formula is C16H24N2O3S. The van der Waals surface area contributed by atoms with Crippen molar-refractivity contribution in [2.75, 3.05) is 11.9 Å². The summed E-state index contributed by atoms with van der Waals surface area (Å²) in [5.41, 5.74) is 1.78. The van der Waals surface area contributed by atoms with Crippen LogP contribution in [0, 0.1) is 6.92 Å². The normalized spacial score (nSPS) is 11.8. The fraction of sp³-hybridized carbons (Fsp3) is 0.500. The lowest BCUT2D eigenvalue weighted by molar-refractivity contribution is -0.137. The molecule has 0 radical (unpaired) electrons. The molecule has 22 heavy (non-hydrogen) atoms. The molecule has 6 heteroatoms. The molecule has 5 nitrogen and oxygen atoms in total. The predicted molar refractivity (Wildman–Crippen MR) is 90.7 cm³/mol. The summed E-state index contributed by atoms with van der Waals surface area (Å²) in [6, 6.07) is 5.66. The summed E-state index contributed by atoms with van der Waals surface area (Å²) in [6.45, 7) is 6.66. The van der Waals surface area contributed by atoms with Crippen LogP contribution < -0.4 is 10.6 Å². The number of aliphatic carboxylic acids is 1. The van der Waals surface area contributed by atoms with Crippen LogP contribution in [0.4, 0.5) is 10.5 Å². The molecule has 122 valence electrons. The van der Waals surface area contributed by atoms with Gasteiger partial charge in [0.25, 0.3) is 0 Å². The molecule has 3 N–H and O–H groups in total. The molecule has 2 amide bonds. The van der Waals surface area contributed by atoms with Crippen LogP contribution >= 0.6 is 11.8 Å². The third-order valence-electron chi connectivity index (χ3n) is 3.21. The second-order valence-corrected chi connectivity index (χ2v) is 6.70. The molecule has 0 fully saturated rings. The van der Waals surface area contributed by atoms with Gasteiger partial charge in [0.1, 0.15) is 0 Å². The molecule has 0 aromatic heterocycles. The van der Waals surface area contributed by atoms with Crippen LogP contribution in [0.2, 0.25) is 0 Å². The van der Waals surface area contributed by atoms with Crippen molar-refractivity contribution in [1.82, 2.24) is 5.32 Å². The van der Waals surface area contributed by atoms with Gasteiger partial charge in [-0.25, -0.2) is 4.79 Å². The molecule has 0 saturated carbocycles. The van der Waals surface area contributed by atoms with E-state index in [2.05, 4.69) is 30.5 Å². The lowest BCUT2D eigenvalue weighted by atomic mass is 10.2. The van der Waals surface area contributed by atoms with Gasteiger partial charge < -0.3 is 15.7 Å². The number of carboxylic acids is 1. The smallest absolute Gasteiger partial charge is 0.319 e. The van der Waals surface area contributed by atoms with Gasteiger partial charge in [-0.2, -0.15) is 0 Å². The van der Waals surface area contributed by atoms with Gasteiger partial charge in [0.15, 0.2) is 0 Å². The number of carboxylic acid groups (broad SMARTS) is 1. The van der Waals surface area contributed by atoms with Crippen LogP contribution in [0.15, 0.2) is 23.1 Å². The van der Waals surface area contributed by atoms with Crippen LogP contribution in [0.1, 0.15) is 38.7 Å². The second-order valence-electron chi connectivity index (χ2n) is 5.19. The van der Waals surface area contributed by atoms with Crippen molar-refractivity contribution in [3.05, 3.63) is 23.8 Å². The Bertz CT molecular complexity index is 520. The molecule has 1 aromatic rings. The Kier molecular flexibility index (Phi) is 7.80. The van der Waals surface area contributed by atoms with Gasteiger partial charge in [0, 0.05) is 28.8 Å².